The second kappa shape index (κ2) is 7.74. The predicted molar refractivity (Wildman–Crippen MR) is 102 cm³/mol. The number of hydrogen-bond acceptors (Lipinski definition) is 3. The summed E-state index contributed by atoms with van der Waals surface area (Å²) in [6.07, 6.45) is 0.880. The molecule has 0 radical (unpaired) electrons. The lowest BCUT2D eigenvalue weighted by molar-refractivity contribution is -0.116. The van der Waals surface area contributed by atoms with Crippen LogP contribution in [0.5, 0.6) is 0 Å². The number of nitrogens with zero attached hydrogens (tertiary/aromatic N) is 1. The van der Waals surface area contributed by atoms with Gasteiger partial charge in [-0.3, -0.25) is 9.59 Å². The van der Waals surface area contributed by atoms with Crippen molar-refractivity contribution in [2.75, 3.05) is 10.7 Å². The van der Waals surface area contributed by atoms with E-state index in [-0.39, 0.29) is 17.9 Å². The lowest BCUT2D eigenvalue weighted by Gasteiger charge is -2.29. The van der Waals surface area contributed by atoms with Gasteiger partial charge in [-0.1, -0.05) is 37.3 Å². The zero-order valence-electron chi connectivity index (χ0n) is 14.5. The second-order valence-electron chi connectivity index (χ2n) is 6.22. The van der Waals surface area contributed by atoms with Crippen LogP contribution in [0.15, 0.2) is 53.4 Å². The predicted octanol–water partition coefficient (Wildman–Crippen LogP) is 3.85. The molecule has 0 aromatic heterocycles. The lowest BCUT2D eigenvalue weighted by Crippen LogP contribution is -2.35. The average Bonchev–Trinajstić information content (AvgIpc) is 2.64. The number of amides is 2. The molecule has 0 unspecified atom stereocenters. The first-order valence-electron chi connectivity index (χ1n) is 8.50. The van der Waals surface area contributed by atoms with Crippen molar-refractivity contribution in [1.82, 2.24) is 5.32 Å². The summed E-state index contributed by atoms with van der Waals surface area (Å²) < 4.78 is 0. The molecule has 1 aliphatic rings. The third-order valence-corrected chi connectivity index (χ3v) is 5.39. The molecular weight excluding hydrogens is 332 g/mol. The van der Waals surface area contributed by atoms with Crippen LogP contribution >= 0.6 is 11.8 Å². The van der Waals surface area contributed by atoms with E-state index in [9.17, 15) is 9.59 Å². The van der Waals surface area contributed by atoms with Gasteiger partial charge in [-0.05, 0) is 37.1 Å². The van der Waals surface area contributed by atoms with Crippen molar-refractivity contribution in [3.05, 3.63) is 59.7 Å². The van der Waals surface area contributed by atoms with Gasteiger partial charge in [-0.25, -0.2) is 0 Å². The normalized spacial score (nSPS) is 14.8. The molecule has 0 fully saturated rings. The van der Waals surface area contributed by atoms with E-state index in [4.69, 9.17) is 0 Å². The lowest BCUT2D eigenvalue weighted by atomic mass is 10.1. The second-order valence-corrected chi connectivity index (χ2v) is 7.24. The van der Waals surface area contributed by atoms with Gasteiger partial charge in [0.25, 0.3) is 5.91 Å². The van der Waals surface area contributed by atoms with Crippen molar-refractivity contribution in [3.8, 4) is 0 Å². The Morgan fingerprint density at radius 1 is 1.24 bits per heavy atom. The summed E-state index contributed by atoms with van der Waals surface area (Å²) in [6, 6.07) is 15.6. The average molecular weight is 354 g/mol. The van der Waals surface area contributed by atoms with Gasteiger partial charge in [-0.15, -0.1) is 11.8 Å². The van der Waals surface area contributed by atoms with Crippen LogP contribution in [-0.4, -0.2) is 23.6 Å². The summed E-state index contributed by atoms with van der Waals surface area (Å²) >= 11 is 1.53. The van der Waals surface area contributed by atoms with Crippen molar-refractivity contribution in [1.29, 1.82) is 0 Å². The maximum atomic E-state index is 12.5. The summed E-state index contributed by atoms with van der Waals surface area (Å²) in [5, 5.41) is 2.98. The molecule has 1 N–H and O–H groups in total. The first-order chi connectivity index (χ1) is 12.1. The van der Waals surface area contributed by atoms with Gasteiger partial charge in [-0.2, -0.15) is 0 Å². The molecule has 0 aliphatic carbocycles. The summed E-state index contributed by atoms with van der Waals surface area (Å²) in [5.41, 5.74) is 2.48. The van der Waals surface area contributed by atoms with Crippen LogP contribution in [0.25, 0.3) is 0 Å². The van der Waals surface area contributed by atoms with E-state index in [1.165, 1.54) is 11.8 Å². The van der Waals surface area contributed by atoms with E-state index in [0.717, 1.165) is 22.6 Å². The maximum Gasteiger partial charge on any atom is 0.251 e. The Morgan fingerprint density at radius 2 is 2.00 bits per heavy atom. The number of thioether (sulfide) groups is 1. The van der Waals surface area contributed by atoms with Crippen LogP contribution in [0.2, 0.25) is 0 Å². The third kappa shape index (κ3) is 4.04. The molecular formula is C20H22N2O2S. The van der Waals surface area contributed by atoms with E-state index >= 15 is 0 Å². The summed E-state index contributed by atoms with van der Waals surface area (Å²) in [6.45, 7) is 4.54. The van der Waals surface area contributed by atoms with Gasteiger partial charge in [0.2, 0.25) is 5.91 Å². The molecule has 2 aromatic carbocycles. The van der Waals surface area contributed by atoms with Crippen LogP contribution in [0.1, 0.15) is 36.2 Å². The summed E-state index contributed by atoms with van der Waals surface area (Å²) in [4.78, 5) is 27.7. The Morgan fingerprint density at radius 3 is 2.72 bits per heavy atom. The van der Waals surface area contributed by atoms with Gasteiger partial charge < -0.3 is 10.2 Å². The first-order valence-corrected chi connectivity index (χ1v) is 9.49. The van der Waals surface area contributed by atoms with E-state index < -0.39 is 0 Å². The Labute approximate surface area is 152 Å². The maximum absolute atomic E-state index is 12.5. The zero-order valence-corrected chi connectivity index (χ0v) is 15.3. The fourth-order valence-electron chi connectivity index (χ4n) is 2.69. The van der Waals surface area contributed by atoms with Crippen molar-refractivity contribution >= 4 is 29.3 Å². The minimum atomic E-state index is -0.0974. The zero-order chi connectivity index (χ0) is 17.8. The van der Waals surface area contributed by atoms with Gasteiger partial charge in [0.15, 0.2) is 0 Å². The number of benzene rings is 2. The molecule has 1 aliphatic heterocycles. The fraction of sp³-hybridized carbons (Fsp3) is 0.300. The van der Waals surface area contributed by atoms with Crippen LogP contribution in [0.3, 0.4) is 0 Å². The molecule has 2 amide bonds. The molecule has 25 heavy (non-hydrogen) atoms. The van der Waals surface area contributed by atoms with E-state index in [1.807, 2.05) is 62.4 Å². The highest BCUT2D eigenvalue weighted by Gasteiger charge is 2.26. The number of fused-ring (bicyclic) bond motifs is 1. The van der Waals surface area contributed by atoms with E-state index in [2.05, 4.69) is 5.32 Å². The highest BCUT2D eigenvalue weighted by Crippen LogP contribution is 2.36. The molecule has 2 aromatic rings. The molecule has 1 atom stereocenters. The van der Waals surface area contributed by atoms with E-state index in [0.29, 0.717) is 17.9 Å². The SMILES string of the molecule is CC[C@H](C)NC(=O)c1ccc2c(c1)N(Cc1ccccc1)C(=O)CS2. The summed E-state index contributed by atoms with van der Waals surface area (Å²) in [7, 11) is 0. The fourth-order valence-corrected chi connectivity index (χ4v) is 3.61. The number of anilines is 1. The molecule has 5 heteroatoms. The number of carbonyl (C=O) groups is 2. The molecule has 130 valence electrons. The topological polar surface area (TPSA) is 49.4 Å². The number of nitrogens with one attached hydrogen (secondary N) is 1. The monoisotopic (exact) mass is 354 g/mol. The molecule has 0 spiro atoms. The Bertz CT molecular complexity index is 777. The standard InChI is InChI=1S/C20H22N2O2S/c1-3-14(2)21-20(24)16-9-10-18-17(11-16)22(19(23)13-25-18)12-15-7-5-4-6-8-15/h4-11,14H,3,12-13H2,1-2H3,(H,21,24)/t14-/m0/s1. The van der Waals surface area contributed by atoms with Crippen molar-refractivity contribution in [2.45, 2.75) is 37.8 Å². The molecule has 0 saturated heterocycles. The van der Waals surface area contributed by atoms with Crippen LogP contribution in [-0.2, 0) is 11.3 Å². The molecule has 1 heterocycles. The number of rotatable bonds is 5. The summed E-state index contributed by atoms with van der Waals surface area (Å²) in [5.74, 6) is 0.402. The van der Waals surface area contributed by atoms with Gasteiger partial charge in [0.05, 0.1) is 18.0 Å². The van der Waals surface area contributed by atoms with Crippen LogP contribution in [0.4, 0.5) is 5.69 Å². The van der Waals surface area contributed by atoms with E-state index in [1.54, 1.807) is 4.90 Å². The van der Waals surface area contributed by atoms with Gasteiger partial charge >= 0.3 is 0 Å². The smallest absolute Gasteiger partial charge is 0.251 e. The van der Waals surface area contributed by atoms with Gasteiger partial charge in [0.1, 0.15) is 0 Å². The Kier molecular flexibility index (Phi) is 5.43. The van der Waals surface area contributed by atoms with Crippen molar-refractivity contribution in [3.63, 3.8) is 0 Å². The van der Waals surface area contributed by atoms with Gasteiger partial charge in [0, 0.05) is 16.5 Å². The molecule has 0 bridgehead atoms. The van der Waals surface area contributed by atoms with Crippen LogP contribution < -0.4 is 10.2 Å². The first kappa shape index (κ1) is 17.5. The molecule has 4 nitrogen and oxygen atoms in total. The van der Waals surface area contributed by atoms with Crippen molar-refractivity contribution < 1.29 is 9.59 Å². The minimum absolute atomic E-state index is 0.0702. The Hall–Kier alpha value is -2.27. The van der Waals surface area contributed by atoms with Crippen molar-refractivity contribution in [2.24, 2.45) is 0 Å². The minimum Gasteiger partial charge on any atom is -0.350 e. The molecule has 3 rings (SSSR count). The highest BCUT2D eigenvalue weighted by atomic mass is 32.2. The van der Waals surface area contributed by atoms with Crippen LogP contribution in [0, 0.1) is 0 Å². The third-order valence-electron chi connectivity index (χ3n) is 4.34. The number of hydrogen-bond donors (Lipinski definition) is 1. The number of carbonyl (C=O) groups excluding carboxylic acids is 2. The highest BCUT2D eigenvalue weighted by molar-refractivity contribution is 8.00. The quantitative estimate of drug-likeness (QED) is 0.887. The molecule has 0 saturated carbocycles. The largest absolute Gasteiger partial charge is 0.350 e. The Balaban J connectivity index is 1.89.